The van der Waals surface area contributed by atoms with E-state index in [0.717, 1.165) is 0 Å². The van der Waals surface area contributed by atoms with E-state index in [-0.39, 0.29) is 0 Å². The summed E-state index contributed by atoms with van der Waals surface area (Å²) in [6, 6.07) is 0. The molecule has 4 nitrogen and oxygen atoms in total. The van der Waals surface area contributed by atoms with Crippen LogP contribution in [0, 0.1) is 0 Å². The first-order valence-corrected chi connectivity index (χ1v) is 3.41. The number of nitrogens with two attached hydrogens (primary N) is 2. The van der Waals surface area contributed by atoms with Crippen molar-refractivity contribution < 1.29 is 0 Å². The molecule has 0 radical (unpaired) electrons. The Bertz CT molecular complexity index is 233. The number of allylic oxidation sites excluding steroid dienone is 1. The third kappa shape index (κ3) is 2.92. The number of hydrogen-bond acceptors (Lipinski definition) is 3. The molecule has 4 heteroatoms. The lowest BCUT2D eigenvalue weighted by atomic mass is 10.3. The van der Waals surface area contributed by atoms with Gasteiger partial charge in [0.15, 0.2) is 5.84 Å². The lowest BCUT2D eigenvalue weighted by Gasteiger charge is -2.06. The first-order valence-electron chi connectivity index (χ1n) is 3.41. The van der Waals surface area contributed by atoms with Crippen LogP contribution in [-0.2, 0) is 0 Å². The van der Waals surface area contributed by atoms with Gasteiger partial charge >= 0.3 is 0 Å². The fourth-order valence-corrected chi connectivity index (χ4v) is 0.559. The summed E-state index contributed by atoms with van der Waals surface area (Å²) in [7, 11) is 0. The van der Waals surface area contributed by atoms with Crippen molar-refractivity contribution in [3.8, 4) is 0 Å². The molecule has 66 valence electrons. The molecule has 0 unspecified atom stereocenters. The minimum absolute atomic E-state index is 0.398. The molecular weight excluding hydrogens is 152 g/mol. The molecule has 0 saturated carbocycles. The van der Waals surface area contributed by atoms with Crippen molar-refractivity contribution in [2.24, 2.45) is 16.5 Å². The predicted octanol–water partition coefficient (Wildman–Crippen LogP) is 0.410. The molecule has 12 heavy (non-hydrogen) atoms. The predicted molar refractivity (Wildman–Crippen MR) is 52.0 cm³/mol. The highest BCUT2D eigenvalue weighted by Crippen LogP contribution is 1.92. The Morgan fingerprint density at radius 2 is 2.00 bits per heavy atom. The maximum absolute atomic E-state index is 5.60. The molecule has 0 amide bonds. The van der Waals surface area contributed by atoms with Gasteiger partial charge < -0.3 is 16.8 Å². The summed E-state index contributed by atoms with van der Waals surface area (Å²) in [5.41, 5.74) is 12.0. The highest BCUT2D eigenvalue weighted by molar-refractivity contribution is 5.98. The molecule has 0 aromatic heterocycles. The van der Waals surface area contributed by atoms with E-state index < -0.39 is 0 Å². The molecule has 0 bridgehead atoms. The van der Waals surface area contributed by atoms with E-state index in [2.05, 4.69) is 23.5 Å². The van der Waals surface area contributed by atoms with Crippen molar-refractivity contribution in [1.82, 2.24) is 5.32 Å². The Morgan fingerprint density at radius 3 is 2.33 bits per heavy atom. The van der Waals surface area contributed by atoms with E-state index >= 15 is 0 Å². The molecule has 0 aliphatic rings. The first kappa shape index (κ1) is 10.3. The molecule has 5 N–H and O–H groups in total. The van der Waals surface area contributed by atoms with E-state index in [1.807, 2.05) is 0 Å². The lowest BCUT2D eigenvalue weighted by molar-refractivity contribution is 1.16. The van der Waals surface area contributed by atoms with Crippen LogP contribution < -0.4 is 16.8 Å². The average Bonchev–Trinajstić information content (AvgIpc) is 2.03. The molecule has 0 spiro atoms. The Kier molecular flexibility index (Phi) is 4.30. The quantitative estimate of drug-likeness (QED) is 0.420. The van der Waals surface area contributed by atoms with Gasteiger partial charge in [-0.05, 0) is 13.1 Å². The zero-order valence-electron chi connectivity index (χ0n) is 7.17. The minimum Gasteiger partial charge on any atom is -0.401 e. The Hall–Kier alpha value is -1.71. The lowest BCUT2D eigenvalue weighted by Crippen LogP contribution is -2.26. The van der Waals surface area contributed by atoms with Gasteiger partial charge in [0.2, 0.25) is 0 Å². The molecule has 0 fully saturated rings. The zero-order chi connectivity index (χ0) is 9.56. The number of nitrogens with one attached hydrogen (secondary N) is 1. The molecular formula is C8H14N4. The van der Waals surface area contributed by atoms with Crippen LogP contribution in [0.25, 0.3) is 0 Å². The summed E-state index contributed by atoms with van der Waals surface area (Å²) in [6.07, 6.45) is 2.85. The van der Waals surface area contributed by atoms with Crippen molar-refractivity contribution in [3.63, 3.8) is 0 Å². The fourth-order valence-electron chi connectivity index (χ4n) is 0.559. The maximum Gasteiger partial charge on any atom is 0.154 e. The van der Waals surface area contributed by atoms with Crippen LogP contribution in [0.2, 0.25) is 0 Å². The van der Waals surface area contributed by atoms with E-state index in [1.165, 1.54) is 12.4 Å². The van der Waals surface area contributed by atoms with Crippen LogP contribution >= 0.6 is 0 Å². The highest BCUT2D eigenvalue weighted by Gasteiger charge is 2.01. The smallest absolute Gasteiger partial charge is 0.154 e. The number of rotatable bonds is 3. The van der Waals surface area contributed by atoms with E-state index in [4.69, 9.17) is 11.5 Å². The molecule has 0 atom stereocenters. The van der Waals surface area contributed by atoms with Crippen molar-refractivity contribution >= 4 is 5.84 Å². The molecule has 0 aliphatic carbocycles. The van der Waals surface area contributed by atoms with Crippen LogP contribution in [0.15, 0.2) is 41.9 Å². The van der Waals surface area contributed by atoms with Crippen molar-refractivity contribution in [2.75, 3.05) is 0 Å². The summed E-state index contributed by atoms with van der Waals surface area (Å²) in [5, 5.41) is 2.74. The number of nitrogens with zero attached hydrogens (tertiary/aromatic N) is 1. The van der Waals surface area contributed by atoms with Crippen LogP contribution in [0.3, 0.4) is 0 Å². The topological polar surface area (TPSA) is 76.4 Å². The number of amidine groups is 1. The number of aliphatic imine (C=N–C) groups is 1. The third-order valence-electron chi connectivity index (χ3n) is 1.14. The largest absolute Gasteiger partial charge is 0.401 e. The molecule has 0 rings (SSSR count). The van der Waals surface area contributed by atoms with Crippen LogP contribution in [0.5, 0.6) is 0 Å². The fraction of sp³-hybridized carbons (Fsp3) is 0.125. The van der Waals surface area contributed by atoms with Gasteiger partial charge in [-0.1, -0.05) is 13.2 Å². The average molecular weight is 166 g/mol. The Labute approximate surface area is 72.4 Å². The van der Waals surface area contributed by atoms with Crippen LogP contribution in [0.1, 0.15) is 6.92 Å². The second-order valence-corrected chi connectivity index (χ2v) is 2.11. The first-order chi connectivity index (χ1) is 5.63. The second-order valence-electron chi connectivity index (χ2n) is 2.11. The normalized spacial score (nSPS) is 13.2. The van der Waals surface area contributed by atoms with Crippen LogP contribution in [0.4, 0.5) is 0 Å². The van der Waals surface area contributed by atoms with Crippen LogP contribution in [-0.4, -0.2) is 5.84 Å². The Balaban J connectivity index is 4.75. The summed E-state index contributed by atoms with van der Waals surface area (Å²) < 4.78 is 0. The zero-order valence-corrected chi connectivity index (χ0v) is 7.17. The summed E-state index contributed by atoms with van der Waals surface area (Å²) in [5.74, 6) is 0.458. The summed E-state index contributed by atoms with van der Waals surface area (Å²) in [6.45, 7) is 8.62. The van der Waals surface area contributed by atoms with Gasteiger partial charge in [-0.25, -0.2) is 4.99 Å². The molecule has 0 aromatic carbocycles. The SMILES string of the molecule is C=CN=C(NC=C)/C(N)=C(/C)N. The van der Waals surface area contributed by atoms with Gasteiger partial charge in [-0.2, -0.15) is 0 Å². The highest BCUT2D eigenvalue weighted by atomic mass is 15.0. The van der Waals surface area contributed by atoms with E-state index in [0.29, 0.717) is 17.2 Å². The maximum atomic E-state index is 5.60. The van der Waals surface area contributed by atoms with Crippen molar-refractivity contribution in [1.29, 1.82) is 0 Å². The van der Waals surface area contributed by atoms with Crippen molar-refractivity contribution in [3.05, 3.63) is 37.0 Å². The van der Waals surface area contributed by atoms with Crippen molar-refractivity contribution in [2.45, 2.75) is 6.92 Å². The molecule has 0 aromatic rings. The van der Waals surface area contributed by atoms with E-state index in [1.54, 1.807) is 6.92 Å². The molecule has 0 heterocycles. The van der Waals surface area contributed by atoms with Gasteiger partial charge in [0.05, 0.1) is 5.70 Å². The van der Waals surface area contributed by atoms with E-state index in [9.17, 15) is 0 Å². The Morgan fingerprint density at radius 1 is 1.42 bits per heavy atom. The monoisotopic (exact) mass is 166 g/mol. The van der Waals surface area contributed by atoms with Gasteiger partial charge in [-0.15, -0.1) is 0 Å². The van der Waals surface area contributed by atoms with Gasteiger partial charge in [-0.3, -0.25) is 0 Å². The number of hydrogen-bond donors (Lipinski definition) is 3. The van der Waals surface area contributed by atoms with Gasteiger partial charge in [0, 0.05) is 11.9 Å². The van der Waals surface area contributed by atoms with Gasteiger partial charge in [0.25, 0.3) is 0 Å². The van der Waals surface area contributed by atoms with Gasteiger partial charge in [0.1, 0.15) is 0 Å². The third-order valence-corrected chi connectivity index (χ3v) is 1.14. The summed E-state index contributed by atoms with van der Waals surface area (Å²) >= 11 is 0. The summed E-state index contributed by atoms with van der Waals surface area (Å²) in [4.78, 5) is 3.87. The second kappa shape index (κ2) is 5.01. The molecule has 0 saturated heterocycles. The minimum atomic E-state index is 0.398. The standard InChI is InChI=1S/C8H14N4/c1-4-11-8(12-5-2)7(10)6(3)9/h4-5H,1-2,9-10H2,3H3,(H,11,12)/b7-6+. The molecule has 0 aliphatic heterocycles.